The summed E-state index contributed by atoms with van der Waals surface area (Å²) in [5.74, 6) is 0.637. The van der Waals surface area contributed by atoms with E-state index in [1.807, 2.05) is 43.3 Å². The van der Waals surface area contributed by atoms with Crippen molar-refractivity contribution < 1.29 is 0 Å². The Balaban J connectivity index is 1.82. The molecule has 0 saturated heterocycles. The van der Waals surface area contributed by atoms with Crippen LogP contribution in [0.25, 0.3) is 11.0 Å². The van der Waals surface area contributed by atoms with E-state index in [1.54, 1.807) is 17.6 Å². The van der Waals surface area contributed by atoms with Crippen molar-refractivity contribution in [3.8, 4) is 0 Å². The number of hydrogen-bond acceptors (Lipinski definition) is 3. The Kier molecular flexibility index (Phi) is 3.30. The van der Waals surface area contributed by atoms with Gasteiger partial charge in [-0.1, -0.05) is 12.1 Å². The van der Waals surface area contributed by atoms with E-state index in [1.165, 1.54) is 4.88 Å². The maximum Gasteiger partial charge on any atom is 0.231 e. The van der Waals surface area contributed by atoms with Gasteiger partial charge < -0.3 is 10.7 Å². The lowest BCUT2D eigenvalue weighted by atomic mass is 10.3. The molecule has 2 aromatic heterocycles. The topological polar surface area (TPSA) is 79.4 Å². The Bertz CT molecular complexity index is 764. The van der Waals surface area contributed by atoms with Crippen molar-refractivity contribution in [3.63, 3.8) is 0 Å². The van der Waals surface area contributed by atoms with Crippen LogP contribution in [-0.2, 0) is 0 Å². The number of benzene rings is 1. The molecule has 0 bridgehead atoms. The third-order valence-electron chi connectivity index (χ3n) is 2.68. The average Bonchev–Trinajstić information content (AvgIpc) is 3.01. The Hall–Kier alpha value is -2.47. The number of rotatable bonds is 2. The van der Waals surface area contributed by atoms with Crippen LogP contribution in [0.5, 0.6) is 0 Å². The molecular formula is C14H13N5S. The lowest BCUT2D eigenvalue weighted by Gasteiger charge is -1.89. The first kappa shape index (κ1) is 12.6. The summed E-state index contributed by atoms with van der Waals surface area (Å²) in [5.41, 5.74) is 7.56. The quantitative estimate of drug-likeness (QED) is 0.560. The fourth-order valence-corrected chi connectivity index (χ4v) is 2.53. The standard InChI is InChI=1S/C14H13N5S/c1-9-6-7-10(20-9)8-16-13(15)19-14-17-11-4-2-3-5-12(11)18-14/h2-8H,1H3,(H3,15,17,18,19). The fourth-order valence-electron chi connectivity index (χ4n) is 1.78. The molecular weight excluding hydrogens is 270 g/mol. The molecule has 3 rings (SSSR count). The van der Waals surface area contributed by atoms with Gasteiger partial charge in [-0.25, -0.2) is 9.98 Å². The number of imidazole rings is 1. The van der Waals surface area contributed by atoms with Crippen LogP contribution in [0.4, 0.5) is 5.95 Å². The third-order valence-corrected chi connectivity index (χ3v) is 3.62. The number of hydrogen-bond donors (Lipinski definition) is 2. The molecule has 0 aliphatic rings. The van der Waals surface area contributed by atoms with E-state index in [-0.39, 0.29) is 5.96 Å². The number of aliphatic imine (C=N–C) groups is 2. The summed E-state index contributed by atoms with van der Waals surface area (Å²) < 4.78 is 0. The molecule has 0 unspecified atom stereocenters. The van der Waals surface area contributed by atoms with Crippen molar-refractivity contribution in [1.82, 2.24) is 9.97 Å². The van der Waals surface area contributed by atoms with Gasteiger partial charge in [0.15, 0.2) is 0 Å². The first-order valence-corrected chi connectivity index (χ1v) is 6.92. The van der Waals surface area contributed by atoms with Crippen LogP contribution in [-0.4, -0.2) is 22.1 Å². The summed E-state index contributed by atoms with van der Waals surface area (Å²) in [4.78, 5) is 18.0. The average molecular weight is 283 g/mol. The summed E-state index contributed by atoms with van der Waals surface area (Å²) in [5, 5.41) is 0. The van der Waals surface area contributed by atoms with Crippen molar-refractivity contribution in [1.29, 1.82) is 0 Å². The lowest BCUT2D eigenvalue weighted by molar-refractivity contribution is 1.24. The zero-order valence-electron chi connectivity index (χ0n) is 10.9. The summed E-state index contributed by atoms with van der Waals surface area (Å²) >= 11 is 1.66. The molecule has 1 aromatic carbocycles. The molecule has 0 radical (unpaired) electrons. The second-order valence-electron chi connectivity index (χ2n) is 4.25. The molecule has 0 aliphatic carbocycles. The van der Waals surface area contributed by atoms with Gasteiger partial charge in [-0.2, -0.15) is 4.99 Å². The number of aromatic nitrogens is 2. The van der Waals surface area contributed by atoms with E-state index in [0.29, 0.717) is 5.95 Å². The minimum absolute atomic E-state index is 0.176. The van der Waals surface area contributed by atoms with E-state index in [2.05, 4.69) is 20.0 Å². The van der Waals surface area contributed by atoms with Crippen LogP contribution < -0.4 is 5.73 Å². The van der Waals surface area contributed by atoms with Gasteiger partial charge in [-0.3, -0.25) is 0 Å². The molecule has 5 nitrogen and oxygen atoms in total. The predicted octanol–water partition coefficient (Wildman–Crippen LogP) is 3.00. The van der Waals surface area contributed by atoms with E-state index >= 15 is 0 Å². The number of H-pyrrole nitrogens is 1. The Morgan fingerprint density at radius 1 is 1.30 bits per heavy atom. The van der Waals surface area contributed by atoms with Gasteiger partial charge in [0, 0.05) is 16.0 Å². The van der Waals surface area contributed by atoms with E-state index in [4.69, 9.17) is 5.73 Å². The van der Waals surface area contributed by atoms with E-state index in [9.17, 15) is 0 Å². The zero-order chi connectivity index (χ0) is 13.9. The SMILES string of the molecule is Cc1ccc(C=NC(N)=Nc2nc3ccccc3[nH]2)s1. The third kappa shape index (κ3) is 2.75. The lowest BCUT2D eigenvalue weighted by Crippen LogP contribution is -2.07. The highest BCUT2D eigenvalue weighted by Gasteiger charge is 2.00. The van der Waals surface area contributed by atoms with Gasteiger partial charge in [0.1, 0.15) is 0 Å². The predicted molar refractivity (Wildman–Crippen MR) is 84.0 cm³/mol. The van der Waals surface area contributed by atoms with Gasteiger partial charge in [-0.15, -0.1) is 11.3 Å². The molecule has 0 spiro atoms. The molecule has 100 valence electrons. The van der Waals surface area contributed by atoms with Gasteiger partial charge in [0.05, 0.1) is 11.0 Å². The number of nitrogens with zero attached hydrogens (tertiary/aromatic N) is 3. The Morgan fingerprint density at radius 3 is 2.90 bits per heavy atom. The maximum absolute atomic E-state index is 5.78. The van der Waals surface area contributed by atoms with Crippen LogP contribution in [0.1, 0.15) is 9.75 Å². The van der Waals surface area contributed by atoms with Gasteiger partial charge in [0.2, 0.25) is 11.9 Å². The van der Waals surface area contributed by atoms with Gasteiger partial charge in [-0.05, 0) is 31.2 Å². The number of aromatic amines is 1. The first-order valence-electron chi connectivity index (χ1n) is 6.10. The summed E-state index contributed by atoms with van der Waals surface area (Å²) in [6, 6.07) is 11.8. The molecule has 0 aliphatic heterocycles. The van der Waals surface area contributed by atoms with Gasteiger partial charge >= 0.3 is 0 Å². The molecule has 6 heteroatoms. The summed E-state index contributed by atoms with van der Waals surface area (Å²) in [7, 11) is 0. The highest BCUT2D eigenvalue weighted by molar-refractivity contribution is 7.13. The van der Waals surface area contributed by atoms with Crippen LogP contribution in [0.3, 0.4) is 0 Å². The van der Waals surface area contributed by atoms with Crippen molar-refractivity contribution in [3.05, 3.63) is 46.2 Å². The van der Waals surface area contributed by atoms with Crippen molar-refractivity contribution in [2.24, 2.45) is 15.7 Å². The number of aryl methyl sites for hydroxylation is 1. The largest absolute Gasteiger partial charge is 0.368 e. The van der Waals surface area contributed by atoms with Crippen LogP contribution in [0.2, 0.25) is 0 Å². The molecule has 0 atom stereocenters. The minimum Gasteiger partial charge on any atom is -0.368 e. The number of para-hydroxylation sites is 2. The number of guanidine groups is 1. The first-order chi connectivity index (χ1) is 9.70. The zero-order valence-corrected chi connectivity index (χ0v) is 11.7. The normalized spacial score (nSPS) is 12.6. The number of thiophene rings is 1. The number of fused-ring (bicyclic) bond motifs is 1. The molecule has 20 heavy (non-hydrogen) atoms. The van der Waals surface area contributed by atoms with E-state index < -0.39 is 0 Å². The highest BCUT2D eigenvalue weighted by atomic mass is 32.1. The molecule has 0 fully saturated rings. The maximum atomic E-state index is 5.78. The van der Waals surface area contributed by atoms with E-state index in [0.717, 1.165) is 15.9 Å². The van der Waals surface area contributed by atoms with Crippen molar-refractivity contribution in [2.45, 2.75) is 6.92 Å². The van der Waals surface area contributed by atoms with Crippen LogP contribution >= 0.6 is 11.3 Å². The van der Waals surface area contributed by atoms with Crippen LogP contribution in [0, 0.1) is 6.92 Å². The summed E-state index contributed by atoms with van der Waals surface area (Å²) in [6.07, 6.45) is 1.71. The van der Waals surface area contributed by atoms with Crippen molar-refractivity contribution >= 4 is 40.5 Å². The van der Waals surface area contributed by atoms with Crippen LogP contribution in [0.15, 0.2) is 46.4 Å². The molecule has 3 N–H and O–H groups in total. The fraction of sp³-hybridized carbons (Fsp3) is 0.0714. The Morgan fingerprint density at radius 2 is 2.15 bits per heavy atom. The minimum atomic E-state index is 0.176. The van der Waals surface area contributed by atoms with Crippen molar-refractivity contribution in [2.75, 3.05) is 0 Å². The Labute approximate surface area is 119 Å². The number of nitrogens with one attached hydrogen (secondary N) is 1. The molecule has 0 saturated carbocycles. The number of nitrogens with two attached hydrogens (primary N) is 1. The molecule has 0 amide bonds. The summed E-state index contributed by atoms with van der Waals surface area (Å²) in [6.45, 7) is 2.05. The molecule has 2 heterocycles. The smallest absolute Gasteiger partial charge is 0.231 e. The monoisotopic (exact) mass is 283 g/mol. The van der Waals surface area contributed by atoms with Gasteiger partial charge in [0.25, 0.3) is 0 Å². The second kappa shape index (κ2) is 5.26. The highest BCUT2D eigenvalue weighted by Crippen LogP contribution is 2.15. The second-order valence-corrected chi connectivity index (χ2v) is 5.57. The molecule has 3 aromatic rings.